The van der Waals surface area contributed by atoms with Gasteiger partial charge in [-0.2, -0.15) is 0 Å². The standard InChI is InChI=1S/C24H47P/c1-3-5-7-9-11-13-15-17-19-21-23-25-24-22-20-18-16-14-12-10-8-6-4-2/h21-25H,3-20H2,1-2H3. The molecule has 0 aromatic heterocycles. The zero-order valence-corrected chi connectivity index (χ0v) is 18.5. The van der Waals surface area contributed by atoms with Crippen molar-refractivity contribution >= 4 is 8.58 Å². The van der Waals surface area contributed by atoms with Crippen LogP contribution in [0.15, 0.2) is 23.8 Å². The molecule has 0 bridgehead atoms. The van der Waals surface area contributed by atoms with Crippen LogP contribution in [-0.4, -0.2) is 0 Å². The lowest BCUT2D eigenvalue weighted by atomic mass is 10.1. The van der Waals surface area contributed by atoms with Crippen molar-refractivity contribution in [3.63, 3.8) is 0 Å². The summed E-state index contributed by atoms with van der Waals surface area (Å²) in [4.78, 5) is 0. The molecule has 0 amide bonds. The van der Waals surface area contributed by atoms with Crippen LogP contribution < -0.4 is 0 Å². The molecule has 0 heterocycles. The first-order chi connectivity index (χ1) is 12.4. The van der Waals surface area contributed by atoms with E-state index in [0.29, 0.717) is 0 Å². The first kappa shape index (κ1) is 24.9. The predicted molar refractivity (Wildman–Crippen MR) is 121 cm³/mol. The number of allylic oxidation sites excluding steroid dienone is 2. The second-order valence-corrected chi connectivity index (χ2v) is 8.50. The lowest BCUT2D eigenvalue weighted by molar-refractivity contribution is 0.577. The van der Waals surface area contributed by atoms with Gasteiger partial charge in [0, 0.05) is 0 Å². The van der Waals surface area contributed by atoms with E-state index in [1.165, 1.54) is 116 Å². The van der Waals surface area contributed by atoms with Crippen molar-refractivity contribution < 1.29 is 0 Å². The Bertz CT molecular complexity index is 252. The van der Waals surface area contributed by atoms with Crippen LogP contribution in [0.2, 0.25) is 0 Å². The van der Waals surface area contributed by atoms with E-state index >= 15 is 0 Å². The third kappa shape index (κ3) is 23.9. The molecule has 1 heteroatoms. The SMILES string of the molecule is CCCCCCCCCCC=CPC=CCCCCCCCCCC. The largest absolute Gasteiger partial charge is 0.0840 e. The number of hydrogen-bond acceptors (Lipinski definition) is 0. The zero-order valence-electron chi connectivity index (χ0n) is 17.5. The van der Waals surface area contributed by atoms with Crippen molar-refractivity contribution in [2.75, 3.05) is 0 Å². The van der Waals surface area contributed by atoms with Crippen molar-refractivity contribution in [3.8, 4) is 0 Å². The minimum Gasteiger partial charge on any atom is -0.0840 e. The Balaban J connectivity index is 3.14. The minimum absolute atomic E-state index is 0.895. The Hall–Kier alpha value is -0.0900. The van der Waals surface area contributed by atoms with Crippen molar-refractivity contribution in [2.24, 2.45) is 0 Å². The van der Waals surface area contributed by atoms with Crippen molar-refractivity contribution in [1.29, 1.82) is 0 Å². The summed E-state index contributed by atoms with van der Waals surface area (Å²) in [5.74, 6) is 4.76. The van der Waals surface area contributed by atoms with Crippen LogP contribution in [0.5, 0.6) is 0 Å². The highest BCUT2D eigenvalue weighted by Gasteiger charge is 1.91. The quantitative estimate of drug-likeness (QED) is 0.148. The maximum atomic E-state index is 2.40. The molecular formula is C24H47P. The fourth-order valence-electron chi connectivity index (χ4n) is 3.15. The molecule has 0 saturated heterocycles. The zero-order chi connectivity index (χ0) is 18.3. The first-order valence-corrected chi connectivity index (χ1v) is 12.6. The molecule has 0 N–H and O–H groups in total. The highest BCUT2D eigenvalue weighted by atomic mass is 31.1. The third-order valence-corrected chi connectivity index (χ3v) is 5.73. The van der Waals surface area contributed by atoms with E-state index in [0.717, 1.165) is 8.58 Å². The lowest BCUT2D eigenvalue weighted by Crippen LogP contribution is -1.79. The summed E-state index contributed by atoms with van der Waals surface area (Å²) in [7, 11) is 0.895. The Morgan fingerprint density at radius 2 is 0.760 bits per heavy atom. The van der Waals surface area contributed by atoms with Crippen molar-refractivity contribution in [1.82, 2.24) is 0 Å². The summed E-state index contributed by atoms with van der Waals surface area (Å²) in [5.41, 5.74) is 0. The van der Waals surface area contributed by atoms with Gasteiger partial charge in [0.2, 0.25) is 0 Å². The molecule has 0 aliphatic carbocycles. The normalized spacial score (nSPS) is 12.4. The smallest absolute Gasteiger partial charge is 0.0347 e. The van der Waals surface area contributed by atoms with E-state index in [1.54, 1.807) is 0 Å². The van der Waals surface area contributed by atoms with Crippen LogP contribution in [-0.2, 0) is 0 Å². The summed E-state index contributed by atoms with van der Waals surface area (Å²) in [6.45, 7) is 4.58. The number of hydrogen-bond donors (Lipinski definition) is 0. The van der Waals surface area contributed by atoms with E-state index in [-0.39, 0.29) is 0 Å². The summed E-state index contributed by atoms with van der Waals surface area (Å²) >= 11 is 0. The van der Waals surface area contributed by atoms with Gasteiger partial charge in [0.15, 0.2) is 0 Å². The van der Waals surface area contributed by atoms with E-state index in [1.807, 2.05) is 0 Å². The summed E-state index contributed by atoms with van der Waals surface area (Å²) in [5, 5.41) is 0. The van der Waals surface area contributed by atoms with Crippen LogP contribution in [0, 0.1) is 0 Å². The molecule has 0 radical (unpaired) electrons. The average molecular weight is 367 g/mol. The summed E-state index contributed by atoms with van der Waals surface area (Å²) < 4.78 is 0. The highest BCUT2D eigenvalue weighted by molar-refractivity contribution is 7.45. The highest BCUT2D eigenvalue weighted by Crippen LogP contribution is 2.17. The number of unbranched alkanes of at least 4 members (excludes halogenated alkanes) is 16. The van der Waals surface area contributed by atoms with Gasteiger partial charge in [-0.05, 0) is 25.7 Å². The summed E-state index contributed by atoms with van der Waals surface area (Å²) in [6.07, 6.45) is 30.2. The Kier molecular flexibility index (Phi) is 23.8. The van der Waals surface area contributed by atoms with E-state index in [9.17, 15) is 0 Å². The van der Waals surface area contributed by atoms with Gasteiger partial charge >= 0.3 is 0 Å². The van der Waals surface area contributed by atoms with Gasteiger partial charge in [-0.3, -0.25) is 0 Å². The molecule has 0 unspecified atom stereocenters. The van der Waals surface area contributed by atoms with Gasteiger partial charge in [0.1, 0.15) is 0 Å². The topological polar surface area (TPSA) is 0 Å². The van der Waals surface area contributed by atoms with E-state index < -0.39 is 0 Å². The van der Waals surface area contributed by atoms with Crippen LogP contribution in [0.3, 0.4) is 0 Å². The molecule has 0 aliphatic heterocycles. The monoisotopic (exact) mass is 366 g/mol. The van der Waals surface area contributed by atoms with Gasteiger partial charge in [0.25, 0.3) is 0 Å². The molecule has 0 fully saturated rings. The molecule has 0 aromatic rings. The van der Waals surface area contributed by atoms with Gasteiger partial charge in [-0.15, -0.1) is 0 Å². The minimum atomic E-state index is 0.895. The van der Waals surface area contributed by atoms with Gasteiger partial charge in [-0.25, -0.2) is 0 Å². The third-order valence-electron chi connectivity index (χ3n) is 4.88. The lowest BCUT2D eigenvalue weighted by Gasteiger charge is -2.00. The van der Waals surface area contributed by atoms with E-state index in [4.69, 9.17) is 0 Å². The molecule has 0 aliphatic rings. The van der Waals surface area contributed by atoms with Crippen LogP contribution >= 0.6 is 8.58 Å². The first-order valence-electron chi connectivity index (χ1n) is 11.5. The fourth-order valence-corrected chi connectivity index (χ4v) is 3.87. The van der Waals surface area contributed by atoms with Crippen LogP contribution in [0.25, 0.3) is 0 Å². The number of rotatable bonds is 20. The average Bonchev–Trinajstić information content (AvgIpc) is 2.63. The molecular weight excluding hydrogens is 319 g/mol. The Labute approximate surface area is 162 Å². The molecule has 0 spiro atoms. The maximum Gasteiger partial charge on any atom is -0.0347 e. The molecule has 0 rings (SSSR count). The summed E-state index contributed by atoms with van der Waals surface area (Å²) in [6, 6.07) is 0. The predicted octanol–water partition coefficient (Wildman–Crippen LogP) is 9.75. The second-order valence-electron chi connectivity index (χ2n) is 7.50. The molecule has 148 valence electrons. The van der Waals surface area contributed by atoms with Gasteiger partial charge in [0.05, 0.1) is 0 Å². The van der Waals surface area contributed by atoms with Crippen LogP contribution in [0.4, 0.5) is 0 Å². The van der Waals surface area contributed by atoms with Gasteiger partial charge < -0.3 is 0 Å². The van der Waals surface area contributed by atoms with Crippen molar-refractivity contribution in [2.45, 2.75) is 129 Å². The van der Waals surface area contributed by atoms with Crippen LogP contribution in [0.1, 0.15) is 129 Å². The second kappa shape index (κ2) is 23.9. The molecule has 0 saturated carbocycles. The molecule has 0 atom stereocenters. The molecule has 0 aromatic carbocycles. The van der Waals surface area contributed by atoms with E-state index in [2.05, 4.69) is 37.6 Å². The fraction of sp³-hybridized carbons (Fsp3) is 0.833. The Morgan fingerprint density at radius 1 is 0.440 bits per heavy atom. The molecule has 25 heavy (non-hydrogen) atoms. The van der Waals surface area contributed by atoms with Crippen molar-refractivity contribution in [3.05, 3.63) is 23.8 Å². The molecule has 0 nitrogen and oxygen atoms in total. The Morgan fingerprint density at radius 3 is 1.12 bits per heavy atom. The maximum absolute atomic E-state index is 2.40. The van der Waals surface area contributed by atoms with Gasteiger partial charge in [-0.1, -0.05) is 136 Å².